The molecule has 0 aliphatic rings. The maximum absolute atomic E-state index is 12.4. The van der Waals surface area contributed by atoms with Gasteiger partial charge in [-0.15, -0.1) is 0 Å². The van der Waals surface area contributed by atoms with Gasteiger partial charge < -0.3 is 5.32 Å². The molecular formula is C19H16N4O2. The van der Waals surface area contributed by atoms with E-state index in [9.17, 15) is 9.59 Å². The second-order valence-corrected chi connectivity index (χ2v) is 5.19. The van der Waals surface area contributed by atoms with Crippen LogP contribution in [0.15, 0.2) is 79.1 Å². The summed E-state index contributed by atoms with van der Waals surface area (Å²) >= 11 is 0. The van der Waals surface area contributed by atoms with Gasteiger partial charge in [-0.05, 0) is 36.4 Å². The number of aromatic nitrogens is 1. The van der Waals surface area contributed by atoms with Gasteiger partial charge in [0, 0.05) is 18.1 Å². The van der Waals surface area contributed by atoms with E-state index in [1.807, 2.05) is 36.4 Å². The first-order valence-corrected chi connectivity index (χ1v) is 7.66. The third-order valence-corrected chi connectivity index (χ3v) is 3.44. The molecule has 1 aromatic heterocycles. The first-order valence-electron chi connectivity index (χ1n) is 7.66. The lowest BCUT2D eigenvalue weighted by molar-refractivity contribution is 0.0847. The molecule has 0 saturated heterocycles. The van der Waals surface area contributed by atoms with Crippen molar-refractivity contribution in [1.82, 2.24) is 15.8 Å². The van der Waals surface area contributed by atoms with Crippen molar-refractivity contribution in [2.45, 2.75) is 0 Å². The zero-order valence-electron chi connectivity index (χ0n) is 13.3. The van der Waals surface area contributed by atoms with Crippen LogP contribution in [0, 0.1) is 0 Å². The molecule has 0 unspecified atom stereocenters. The summed E-state index contributed by atoms with van der Waals surface area (Å²) in [5.41, 5.74) is 7.08. The molecule has 3 rings (SSSR count). The van der Waals surface area contributed by atoms with Crippen LogP contribution < -0.4 is 16.2 Å². The lowest BCUT2D eigenvalue weighted by Crippen LogP contribution is -2.41. The smallest absolute Gasteiger partial charge is 0.271 e. The third kappa shape index (κ3) is 4.20. The minimum absolute atomic E-state index is 0.360. The summed E-state index contributed by atoms with van der Waals surface area (Å²) in [5.74, 6) is -0.855. The number of para-hydroxylation sites is 2. The number of hydrogen-bond acceptors (Lipinski definition) is 4. The van der Waals surface area contributed by atoms with Crippen molar-refractivity contribution in [3.63, 3.8) is 0 Å². The molecule has 0 spiro atoms. The van der Waals surface area contributed by atoms with Crippen LogP contribution in [0.1, 0.15) is 20.7 Å². The first kappa shape index (κ1) is 16.2. The lowest BCUT2D eigenvalue weighted by Gasteiger charge is -2.12. The molecule has 124 valence electrons. The van der Waals surface area contributed by atoms with Crippen molar-refractivity contribution >= 4 is 23.2 Å². The van der Waals surface area contributed by atoms with Crippen LogP contribution in [0.4, 0.5) is 11.4 Å². The van der Waals surface area contributed by atoms with Gasteiger partial charge in [0.25, 0.3) is 11.8 Å². The number of carbonyl (C=O) groups is 2. The lowest BCUT2D eigenvalue weighted by atomic mass is 10.1. The predicted octanol–water partition coefficient (Wildman–Crippen LogP) is 2.90. The molecule has 3 N–H and O–H groups in total. The van der Waals surface area contributed by atoms with Crippen molar-refractivity contribution in [2.75, 3.05) is 5.32 Å². The Hall–Kier alpha value is -3.67. The van der Waals surface area contributed by atoms with Crippen LogP contribution in [-0.4, -0.2) is 16.8 Å². The normalized spacial score (nSPS) is 9.92. The molecule has 0 saturated carbocycles. The molecule has 6 heteroatoms. The van der Waals surface area contributed by atoms with Crippen molar-refractivity contribution in [2.24, 2.45) is 0 Å². The van der Waals surface area contributed by atoms with E-state index < -0.39 is 11.8 Å². The summed E-state index contributed by atoms with van der Waals surface area (Å²) in [4.78, 5) is 28.3. The van der Waals surface area contributed by atoms with Gasteiger partial charge in [-0.3, -0.25) is 25.4 Å². The Morgan fingerprint density at radius 2 is 1.48 bits per heavy atom. The number of anilines is 2. The highest BCUT2D eigenvalue weighted by Crippen LogP contribution is 2.20. The molecular weight excluding hydrogens is 316 g/mol. The van der Waals surface area contributed by atoms with E-state index in [2.05, 4.69) is 21.2 Å². The Bertz CT molecular complexity index is 867. The number of nitrogens with zero attached hydrogens (tertiary/aromatic N) is 1. The first-order chi connectivity index (χ1) is 12.2. The van der Waals surface area contributed by atoms with Gasteiger partial charge in [-0.25, -0.2) is 0 Å². The molecule has 0 radical (unpaired) electrons. The van der Waals surface area contributed by atoms with Crippen molar-refractivity contribution in [1.29, 1.82) is 0 Å². The SMILES string of the molecule is O=C(NNC(=O)c1ccccc1Nc1ccccc1)c1cccnc1. The fourth-order valence-electron chi connectivity index (χ4n) is 2.22. The van der Waals surface area contributed by atoms with Crippen LogP contribution in [0.2, 0.25) is 0 Å². The number of hydrogen-bond donors (Lipinski definition) is 3. The zero-order chi connectivity index (χ0) is 17.5. The molecule has 1 heterocycles. The van der Waals surface area contributed by atoms with Crippen LogP contribution >= 0.6 is 0 Å². The Kier molecular flexibility index (Phi) is 5.01. The Balaban J connectivity index is 1.69. The Morgan fingerprint density at radius 1 is 0.760 bits per heavy atom. The number of rotatable bonds is 4. The average molecular weight is 332 g/mol. The highest BCUT2D eigenvalue weighted by Gasteiger charge is 2.12. The molecule has 0 fully saturated rings. The Morgan fingerprint density at radius 3 is 2.24 bits per heavy atom. The van der Waals surface area contributed by atoms with Gasteiger partial charge in [0.05, 0.1) is 16.8 Å². The van der Waals surface area contributed by atoms with Crippen molar-refractivity contribution < 1.29 is 9.59 Å². The summed E-state index contributed by atoms with van der Waals surface area (Å²) in [6.07, 6.45) is 2.99. The van der Waals surface area contributed by atoms with Crippen LogP contribution in [0.5, 0.6) is 0 Å². The zero-order valence-corrected chi connectivity index (χ0v) is 13.3. The molecule has 6 nitrogen and oxygen atoms in total. The van der Waals surface area contributed by atoms with E-state index in [0.717, 1.165) is 5.69 Å². The second kappa shape index (κ2) is 7.74. The van der Waals surface area contributed by atoms with E-state index in [-0.39, 0.29) is 0 Å². The maximum atomic E-state index is 12.4. The predicted molar refractivity (Wildman–Crippen MR) is 95.3 cm³/mol. The minimum atomic E-state index is -0.435. The van der Waals surface area contributed by atoms with E-state index in [4.69, 9.17) is 0 Å². The second-order valence-electron chi connectivity index (χ2n) is 5.19. The molecule has 25 heavy (non-hydrogen) atoms. The van der Waals surface area contributed by atoms with E-state index in [1.165, 1.54) is 6.20 Å². The fraction of sp³-hybridized carbons (Fsp3) is 0. The molecule has 0 bridgehead atoms. The number of pyridine rings is 1. The number of benzene rings is 2. The van der Waals surface area contributed by atoms with Crippen molar-refractivity contribution in [3.05, 3.63) is 90.3 Å². The molecule has 3 aromatic rings. The molecule has 0 aliphatic heterocycles. The van der Waals surface area contributed by atoms with Crippen molar-refractivity contribution in [3.8, 4) is 0 Å². The summed E-state index contributed by atoms with van der Waals surface area (Å²) in [6, 6.07) is 19.8. The highest BCUT2D eigenvalue weighted by molar-refractivity contribution is 6.02. The van der Waals surface area contributed by atoms with Crippen LogP contribution in [-0.2, 0) is 0 Å². The van der Waals surface area contributed by atoms with E-state index in [0.29, 0.717) is 16.8 Å². The van der Waals surface area contributed by atoms with Gasteiger partial charge in [-0.1, -0.05) is 30.3 Å². The maximum Gasteiger partial charge on any atom is 0.271 e. The third-order valence-electron chi connectivity index (χ3n) is 3.44. The molecule has 0 aliphatic carbocycles. The monoisotopic (exact) mass is 332 g/mol. The molecule has 0 atom stereocenters. The van der Waals surface area contributed by atoms with Crippen LogP contribution in [0.25, 0.3) is 0 Å². The van der Waals surface area contributed by atoms with E-state index in [1.54, 1.807) is 36.5 Å². The quantitative estimate of drug-likeness (QED) is 0.642. The average Bonchev–Trinajstić information content (AvgIpc) is 2.68. The number of carbonyl (C=O) groups excluding carboxylic acids is 2. The summed E-state index contributed by atoms with van der Waals surface area (Å²) in [6.45, 7) is 0. The van der Waals surface area contributed by atoms with Crippen LogP contribution in [0.3, 0.4) is 0 Å². The highest BCUT2D eigenvalue weighted by atomic mass is 16.2. The summed E-state index contributed by atoms with van der Waals surface area (Å²) < 4.78 is 0. The van der Waals surface area contributed by atoms with Gasteiger partial charge in [-0.2, -0.15) is 0 Å². The number of hydrazine groups is 1. The largest absolute Gasteiger partial charge is 0.355 e. The van der Waals surface area contributed by atoms with Gasteiger partial charge in [0.2, 0.25) is 0 Å². The Labute approximate surface area is 144 Å². The van der Waals surface area contributed by atoms with E-state index >= 15 is 0 Å². The topological polar surface area (TPSA) is 83.1 Å². The van der Waals surface area contributed by atoms with Gasteiger partial charge in [0.1, 0.15) is 0 Å². The molecule has 2 amide bonds. The number of nitrogens with one attached hydrogen (secondary N) is 3. The minimum Gasteiger partial charge on any atom is -0.355 e. The standard InChI is InChI=1S/C19H16N4O2/c24-18(14-7-6-12-20-13-14)22-23-19(25)16-10-4-5-11-17(16)21-15-8-2-1-3-9-15/h1-13,21H,(H,22,24)(H,23,25). The fourth-order valence-corrected chi connectivity index (χ4v) is 2.22. The molecule has 2 aromatic carbocycles. The number of amides is 2. The summed E-state index contributed by atoms with van der Waals surface area (Å²) in [7, 11) is 0. The summed E-state index contributed by atoms with van der Waals surface area (Å²) in [5, 5.41) is 3.19. The van der Waals surface area contributed by atoms with Gasteiger partial charge >= 0.3 is 0 Å². The van der Waals surface area contributed by atoms with Gasteiger partial charge in [0.15, 0.2) is 0 Å².